The highest BCUT2D eigenvalue weighted by molar-refractivity contribution is 7.80. The minimum absolute atomic E-state index is 0.198. The molecule has 1 aliphatic rings. The number of methoxy groups -OCH3 is 1. The molecule has 2 N–H and O–H groups in total. The van der Waals surface area contributed by atoms with Crippen LogP contribution in [0.25, 0.3) is 0 Å². The number of thiazole rings is 1. The average molecular weight is 257 g/mol. The summed E-state index contributed by atoms with van der Waals surface area (Å²) in [5.41, 5.74) is 1.10. The summed E-state index contributed by atoms with van der Waals surface area (Å²) < 4.78 is 4.42. The van der Waals surface area contributed by atoms with Gasteiger partial charge in [-0.2, -0.15) is 0 Å². The topological polar surface area (TPSA) is 63.2 Å². The minimum atomic E-state index is -0.587. The SMILES string of the molecule is COC(=O)NC(=S)Nc1nc(C2CC2)cs1. The molecule has 1 aliphatic carbocycles. The fourth-order valence-corrected chi connectivity index (χ4v) is 2.22. The number of hydrogen-bond donors (Lipinski definition) is 2. The standard InChI is InChI=1S/C9H11N3O2S2/c1-14-9(13)12-7(15)11-8-10-6(4-16-8)5-2-3-5/h4-5H,2-3H2,1H3,(H2,10,11,12,13,15). The summed E-state index contributed by atoms with van der Waals surface area (Å²) in [6.45, 7) is 0. The van der Waals surface area contributed by atoms with Crippen molar-refractivity contribution in [2.75, 3.05) is 12.4 Å². The summed E-state index contributed by atoms with van der Waals surface area (Å²) in [5, 5.41) is 8.10. The van der Waals surface area contributed by atoms with Crippen molar-refractivity contribution in [3.63, 3.8) is 0 Å². The number of nitrogens with one attached hydrogen (secondary N) is 2. The number of ether oxygens (including phenoxy) is 1. The Balaban J connectivity index is 1.87. The predicted molar refractivity (Wildman–Crippen MR) is 65.9 cm³/mol. The molecule has 5 nitrogen and oxygen atoms in total. The maximum atomic E-state index is 10.9. The number of anilines is 1. The van der Waals surface area contributed by atoms with Crippen LogP contribution in [-0.2, 0) is 4.74 Å². The lowest BCUT2D eigenvalue weighted by Gasteiger charge is -2.04. The van der Waals surface area contributed by atoms with Gasteiger partial charge in [-0.1, -0.05) is 0 Å². The molecule has 1 saturated carbocycles. The Kier molecular flexibility index (Phi) is 3.35. The van der Waals surface area contributed by atoms with Crippen molar-refractivity contribution in [1.29, 1.82) is 0 Å². The Labute approximate surface area is 102 Å². The van der Waals surface area contributed by atoms with E-state index in [1.54, 1.807) is 0 Å². The van der Waals surface area contributed by atoms with Crippen molar-refractivity contribution in [2.24, 2.45) is 0 Å². The highest BCUT2D eigenvalue weighted by atomic mass is 32.1. The average Bonchev–Trinajstić information content (AvgIpc) is 3.00. The third-order valence-corrected chi connectivity index (χ3v) is 3.12. The molecule has 1 amide bonds. The van der Waals surface area contributed by atoms with Crippen molar-refractivity contribution < 1.29 is 9.53 Å². The van der Waals surface area contributed by atoms with Crippen LogP contribution in [0.4, 0.5) is 9.93 Å². The van der Waals surface area contributed by atoms with Gasteiger partial charge in [0.2, 0.25) is 0 Å². The molecule has 1 heterocycles. The first kappa shape index (κ1) is 11.3. The second-order valence-electron chi connectivity index (χ2n) is 3.42. The van der Waals surface area contributed by atoms with Gasteiger partial charge in [-0.3, -0.25) is 5.32 Å². The lowest BCUT2D eigenvalue weighted by molar-refractivity contribution is 0.177. The van der Waals surface area contributed by atoms with E-state index in [-0.39, 0.29) is 5.11 Å². The predicted octanol–water partition coefficient (Wildman–Crippen LogP) is 2.07. The molecule has 0 aliphatic heterocycles. The Morgan fingerprint density at radius 2 is 2.44 bits per heavy atom. The number of rotatable bonds is 2. The van der Waals surface area contributed by atoms with Gasteiger partial charge in [0.25, 0.3) is 0 Å². The van der Waals surface area contributed by atoms with Crippen molar-refractivity contribution in [2.45, 2.75) is 18.8 Å². The van der Waals surface area contributed by atoms with Gasteiger partial charge >= 0.3 is 6.09 Å². The molecule has 0 aromatic carbocycles. The summed E-state index contributed by atoms with van der Waals surface area (Å²) in [6.07, 6.45) is 1.85. The van der Waals surface area contributed by atoms with Crippen LogP contribution in [-0.4, -0.2) is 23.3 Å². The van der Waals surface area contributed by atoms with Gasteiger partial charge in [-0.15, -0.1) is 11.3 Å². The highest BCUT2D eigenvalue weighted by Crippen LogP contribution is 2.40. The largest absolute Gasteiger partial charge is 0.453 e. The molecule has 1 aromatic heterocycles. The Morgan fingerprint density at radius 3 is 3.06 bits per heavy atom. The molecule has 1 fully saturated rings. The molecule has 0 radical (unpaired) electrons. The van der Waals surface area contributed by atoms with Gasteiger partial charge in [0.05, 0.1) is 12.8 Å². The van der Waals surface area contributed by atoms with E-state index in [2.05, 4.69) is 20.4 Å². The molecule has 86 valence electrons. The first-order valence-electron chi connectivity index (χ1n) is 4.80. The third-order valence-electron chi connectivity index (χ3n) is 2.14. The summed E-state index contributed by atoms with van der Waals surface area (Å²) >= 11 is 6.39. The monoisotopic (exact) mass is 257 g/mol. The second-order valence-corrected chi connectivity index (χ2v) is 4.69. The molecular weight excluding hydrogens is 246 g/mol. The van der Waals surface area contributed by atoms with Gasteiger partial charge < -0.3 is 10.1 Å². The van der Waals surface area contributed by atoms with Crippen molar-refractivity contribution in [3.05, 3.63) is 11.1 Å². The van der Waals surface area contributed by atoms with E-state index < -0.39 is 6.09 Å². The fraction of sp³-hybridized carbons (Fsp3) is 0.444. The fourth-order valence-electron chi connectivity index (χ4n) is 1.18. The highest BCUT2D eigenvalue weighted by Gasteiger charge is 2.26. The van der Waals surface area contributed by atoms with E-state index in [0.717, 1.165) is 5.69 Å². The zero-order valence-corrected chi connectivity index (χ0v) is 10.3. The van der Waals surface area contributed by atoms with Gasteiger partial charge in [-0.05, 0) is 25.1 Å². The van der Waals surface area contributed by atoms with Crippen LogP contribution in [0.1, 0.15) is 24.5 Å². The van der Waals surface area contributed by atoms with Crippen LogP contribution in [0.5, 0.6) is 0 Å². The quantitative estimate of drug-likeness (QED) is 0.794. The van der Waals surface area contributed by atoms with Crippen LogP contribution in [0.15, 0.2) is 5.38 Å². The van der Waals surface area contributed by atoms with E-state index in [0.29, 0.717) is 11.0 Å². The molecule has 0 atom stereocenters. The molecule has 0 bridgehead atoms. The van der Waals surface area contributed by atoms with E-state index in [1.165, 1.54) is 31.3 Å². The lowest BCUT2D eigenvalue weighted by Crippen LogP contribution is -2.33. The summed E-state index contributed by atoms with van der Waals surface area (Å²) in [6, 6.07) is 0. The van der Waals surface area contributed by atoms with Gasteiger partial charge in [0.15, 0.2) is 10.2 Å². The summed E-state index contributed by atoms with van der Waals surface area (Å²) in [7, 11) is 1.28. The first-order chi connectivity index (χ1) is 7.69. The smallest absolute Gasteiger partial charge is 0.413 e. The van der Waals surface area contributed by atoms with Crippen LogP contribution >= 0.6 is 23.6 Å². The molecule has 0 unspecified atom stereocenters. The molecule has 2 rings (SSSR count). The lowest BCUT2D eigenvalue weighted by atomic mass is 10.3. The number of carbonyl (C=O) groups excluding carboxylic acids is 1. The number of alkyl carbamates (subject to hydrolysis) is 1. The van der Waals surface area contributed by atoms with Crippen LogP contribution in [0, 0.1) is 0 Å². The Bertz CT molecular complexity index is 415. The number of hydrogen-bond acceptors (Lipinski definition) is 5. The summed E-state index contributed by atoms with van der Waals surface area (Å²) in [5.74, 6) is 0.619. The Hall–Kier alpha value is -1.21. The molecule has 16 heavy (non-hydrogen) atoms. The molecular formula is C9H11N3O2S2. The molecule has 0 saturated heterocycles. The van der Waals surface area contributed by atoms with E-state index in [1.807, 2.05) is 5.38 Å². The second kappa shape index (κ2) is 4.75. The number of carbonyl (C=O) groups is 1. The zero-order valence-electron chi connectivity index (χ0n) is 8.65. The minimum Gasteiger partial charge on any atom is -0.453 e. The van der Waals surface area contributed by atoms with E-state index in [9.17, 15) is 4.79 Å². The van der Waals surface area contributed by atoms with Crippen LogP contribution in [0.2, 0.25) is 0 Å². The van der Waals surface area contributed by atoms with Crippen LogP contribution < -0.4 is 10.6 Å². The molecule has 7 heteroatoms. The number of aromatic nitrogens is 1. The third kappa shape index (κ3) is 2.89. The Morgan fingerprint density at radius 1 is 1.69 bits per heavy atom. The number of amides is 1. The molecule has 1 aromatic rings. The van der Waals surface area contributed by atoms with E-state index >= 15 is 0 Å². The van der Waals surface area contributed by atoms with E-state index in [4.69, 9.17) is 12.2 Å². The number of thiocarbonyl (C=S) groups is 1. The number of nitrogens with zero attached hydrogens (tertiary/aromatic N) is 1. The van der Waals surface area contributed by atoms with Crippen molar-refractivity contribution in [1.82, 2.24) is 10.3 Å². The van der Waals surface area contributed by atoms with Gasteiger partial charge in [-0.25, -0.2) is 9.78 Å². The van der Waals surface area contributed by atoms with Gasteiger partial charge in [0, 0.05) is 11.3 Å². The first-order valence-corrected chi connectivity index (χ1v) is 6.09. The maximum absolute atomic E-state index is 10.9. The van der Waals surface area contributed by atoms with Crippen LogP contribution in [0.3, 0.4) is 0 Å². The van der Waals surface area contributed by atoms with Crippen molar-refractivity contribution in [3.8, 4) is 0 Å². The summed E-state index contributed by atoms with van der Waals surface area (Å²) in [4.78, 5) is 15.2. The van der Waals surface area contributed by atoms with Gasteiger partial charge in [0.1, 0.15) is 0 Å². The molecule has 0 spiro atoms. The van der Waals surface area contributed by atoms with Crippen molar-refractivity contribution >= 4 is 39.9 Å². The maximum Gasteiger partial charge on any atom is 0.413 e. The normalized spacial score (nSPS) is 14.3. The zero-order chi connectivity index (χ0) is 11.5.